The number of rotatable bonds is 37. The van der Waals surface area contributed by atoms with Crippen LogP contribution in [-0.2, 0) is 32.7 Å². The van der Waals surface area contributed by atoms with Crippen LogP contribution in [0.3, 0.4) is 0 Å². The van der Waals surface area contributed by atoms with Gasteiger partial charge in [0.25, 0.3) is 0 Å². The number of phosphoric ester groups is 1. The summed E-state index contributed by atoms with van der Waals surface area (Å²) < 4.78 is 32.6. The minimum absolute atomic E-state index is 0.0549. The summed E-state index contributed by atoms with van der Waals surface area (Å²) in [6.07, 6.45) is 33.8. The van der Waals surface area contributed by atoms with E-state index in [1.54, 1.807) is 0 Å². The highest BCUT2D eigenvalue weighted by atomic mass is 31.2. The Kier molecular flexibility index (Phi) is 34.6. The summed E-state index contributed by atoms with van der Waals surface area (Å²) in [7, 11) is -4.37. The first-order chi connectivity index (χ1) is 23.3. The standard InChI is InChI=1S/C38H74NO8P/c1-3-5-7-9-11-13-15-17-18-19-21-23-25-27-29-31-38(41)47-36(35-46-48(42,43)45-33-32-39)34-44-37(40)30-28-26-24-22-20-16-14-12-10-8-6-4-2/h12,14,36H,3-11,13,15-35,39H2,1-2H3,(H,42,43)/b14-12-/t36-/m1/s1. The van der Waals surface area contributed by atoms with E-state index in [1.807, 2.05) is 0 Å². The third kappa shape index (κ3) is 34.6. The maximum atomic E-state index is 12.5. The minimum atomic E-state index is -4.37. The molecule has 0 saturated heterocycles. The molecule has 10 heteroatoms. The third-order valence-corrected chi connectivity index (χ3v) is 9.39. The zero-order chi connectivity index (χ0) is 35.4. The number of allylic oxidation sites excluding steroid dienone is 2. The van der Waals surface area contributed by atoms with Crippen molar-refractivity contribution < 1.29 is 37.6 Å². The van der Waals surface area contributed by atoms with E-state index in [9.17, 15) is 19.0 Å². The Labute approximate surface area is 294 Å². The fourth-order valence-corrected chi connectivity index (χ4v) is 6.22. The number of esters is 2. The summed E-state index contributed by atoms with van der Waals surface area (Å²) >= 11 is 0. The summed E-state index contributed by atoms with van der Waals surface area (Å²) in [6, 6.07) is 0. The molecule has 0 rings (SSSR count). The Morgan fingerprint density at radius 1 is 0.604 bits per heavy atom. The number of hydrogen-bond donors (Lipinski definition) is 2. The van der Waals surface area contributed by atoms with E-state index in [0.717, 1.165) is 51.4 Å². The van der Waals surface area contributed by atoms with Crippen molar-refractivity contribution >= 4 is 19.8 Å². The van der Waals surface area contributed by atoms with Crippen LogP contribution >= 0.6 is 7.82 Å². The normalized spacial score (nSPS) is 13.5. The molecule has 0 aromatic rings. The van der Waals surface area contributed by atoms with Gasteiger partial charge in [0.1, 0.15) is 6.61 Å². The summed E-state index contributed by atoms with van der Waals surface area (Å²) in [6.45, 7) is 3.70. The van der Waals surface area contributed by atoms with Gasteiger partial charge in [0.05, 0.1) is 13.2 Å². The molecule has 0 heterocycles. The SMILES string of the molecule is CCCCC/C=C\CCCCCCCC(=O)OC[C@H](COP(=O)(O)OCCN)OC(=O)CCCCCCCCCCCCCCCCC. The Bertz CT molecular complexity index is 810. The second kappa shape index (κ2) is 35.6. The van der Waals surface area contributed by atoms with Gasteiger partial charge < -0.3 is 20.1 Å². The van der Waals surface area contributed by atoms with Gasteiger partial charge >= 0.3 is 19.8 Å². The first-order valence-electron chi connectivity index (χ1n) is 19.7. The lowest BCUT2D eigenvalue weighted by Crippen LogP contribution is -2.29. The second-order valence-electron chi connectivity index (χ2n) is 13.2. The molecule has 3 N–H and O–H groups in total. The molecule has 0 bridgehead atoms. The summed E-state index contributed by atoms with van der Waals surface area (Å²) in [5.41, 5.74) is 5.33. The molecule has 0 spiro atoms. The van der Waals surface area contributed by atoms with E-state index < -0.39 is 26.5 Å². The Morgan fingerprint density at radius 3 is 1.52 bits per heavy atom. The predicted molar refractivity (Wildman–Crippen MR) is 197 cm³/mol. The van der Waals surface area contributed by atoms with Gasteiger partial charge in [0.15, 0.2) is 6.10 Å². The zero-order valence-electron chi connectivity index (χ0n) is 31.0. The molecular formula is C38H74NO8P. The van der Waals surface area contributed by atoms with Crippen molar-refractivity contribution in [2.45, 2.75) is 193 Å². The van der Waals surface area contributed by atoms with E-state index >= 15 is 0 Å². The maximum Gasteiger partial charge on any atom is 0.472 e. The highest BCUT2D eigenvalue weighted by Crippen LogP contribution is 2.43. The summed E-state index contributed by atoms with van der Waals surface area (Å²) in [5.74, 6) is -0.833. The van der Waals surface area contributed by atoms with Crippen molar-refractivity contribution in [1.29, 1.82) is 0 Å². The van der Waals surface area contributed by atoms with Crippen LogP contribution in [0.4, 0.5) is 0 Å². The molecule has 0 aliphatic rings. The van der Waals surface area contributed by atoms with Gasteiger partial charge in [-0.3, -0.25) is 18.6 Å². The number of carbonyl (C=O) groups is 2. The third-order valence-electron chi connectivity index (χ3n) is 8.40. The minimum Gasteiger partial charge on any atom is -0.462 e. The van der Waals surface area contributed by atoms with Gasteiger partial charge in [-0.25, -0.2) is 4.57 Å². The molecule has 0 radical (unpaired) electrons. The summed E-state index contributed by atoms with van der Waals surface area (Å²) in [5, 5.41) is 0. The van der Waals surface area contributed by atoms with Crippen molar-refractivity contribution in [1.82, 2.24) is 0 Å². The molecule has 1 unspecified atom stereocenters. The highest BCUT2D eigenvalue weighted by Gasteiger charge is 2.25. The summed E-state index contributed by atoms with van der Waals surface area (Å²) in [4.78, 5) is 34.7. The first-order valence-corrected chi connectivity index (χ1v) is 21.2. The monoisotopic (exact) mass is 704 g/mol. The van der Waals surface area contributed by atoms with Gasteiger partial charge in [0.2, 0.25) is 0 Å². The highest BCUT2D eigenvalue weighted by molar-refractivity contribution is 7.47. The van der Waals surface area contributed by atoms with E-state index in [0.29, 0.717) is 6.42 Å². The first kappa shape index (κ1) is 46.8. The van der Waals surface area contributed by atoms with E-state index in [2.05, 4.69) is 26.0 Å². The number of unbranched alkanes of at least 4 members (excludes halogenated alkanes) is 22. The lowest BCUT2D eigenvalue weighted by Gasteiger charge is -2.19. The van der Waals surface area contributed by atoms with Crippen molar-refractivity contribution in [3.8, 4) is 0 Å². The van der Waals surface area contributed by atoms with E-state index in [1.165, 1.54) is 103 Å². The molecule has 0 amide bonds. The van der Waals surface area contributed by atoms with Crippen LogP contribution < -0.4 is 5.73 Å². The van der Waals surface area contributed by atoms with E-state index in [-0.39, 0.29) is 38.6 Å². The van der Waals surface area contributed by atoms with Crippen LogP contribution in [0.5, 0.6) is 0 Å². The van der Waals surface area contributed by atoms with Crippen molar-refractivity contribution in [3.05, 3.63) is 12.2 Å². The molecule has 0 aromatic heterocycles. The van der Waals surface area contributed by atoms with Gasteiger partial charge in [-0.2, -0.15) is 0 Å². The molecule has 284 valence electrons. The number of hydrogen-bond acceptors (Lipinski definition) is 8. The van der Waals surface area contributed by atoms with E-state index in [4.69, 9.17) is 24.3 Å². The molecule has 9 nitrogen and oxygen atoms in total. The van der Waals surface area contributed by atoms with Crippen LogP contribution in [0.1, 0.15) is 187 Å². The molecule has 2 atom stereocenters. The van der Waals surface area contributed by atoms with Crippen LogP contribution in [-0.4, -0.2) is 49.3 Å². The quantitative estimate of drug-likeness (QED) is 0.0280. The van der Waals surface area contributed by atoms with Crippen molar-refractivity contribution in [2.24, 2.45) is 5.73 Å². The smallest absolute Gasteiger partial charge is 0.462 e. The van der Waals surface area contributed by atoms with Crippen molar-refractivity contribution in [3.63, 3.8) is 0 Å². The van der Waals surface area contributed by atoms with Gasteiger partial charge in [-0.1, -0.05) is 148 Å². The molecule has 0 saturated carbocycles. The van der Waals surface area contributed by atoms with Crippen molar-refractivity contribution in [2.75, 3.05) is 26.4 Å². The van der Waals surface area contributed by atoms with Gasteiger partial charge in [-0.05, 0) is 38.5 Å². The molecule has 0 fully saturated rings. The Hall–Kier alpha value is -1.25. The second-order valence-corrected chi connectivity index (χ2v) is 14.6. The van der Waals surface area contributed by atoms with Gasteiger partial charge in [0, 0.05) is 19.4 Å². The maximum absolute atomic E-state index is 12.5. The van der Waals surface area contributed by atoms with Crippen LogP contribution in [0.15, 0.2) is 12.2 Å². The van der Waals surface area contributed by atoms with Gasteiger partial charge in [-0.15, -0.1) is 0 Å². The fraction of sp³-hybridized carbons (Fsp3) is 0.895. The lowest BCUT2D eigenvalue weighted by atomic mass is 10.0. The molecule has 0 aliphatic heterocycles. The molecule has 48 heavy (non-hydrogen) atoms. The molecule has 0 aliphatic carbocycles. The topological polar surface area (TPSA) is 134 Å². The number of carbonyl (C=O) groups excluding carboxylic acids is 2. The lowest BCUT2D eigenvalue weighted by molar-refractivity contribution is -0.161. The van der Waals surface area contributed by atoms with Crippen LogP contribution in [0.2, 0.25) is 0 Å². The molecular weight excluding hydrogens is 629 g/mol. The predicted octanol–water partition coefficient (Wildman–Crippen LogP) is 10.7. The number of phosphoric acid groups is 1. The molecule has 0 aromatic carbocycles. The van der Waals surface area contributed by atoms with Crippen LogP contribution in [0, 0.1) is 0 Å². The fourth-order valence-electron chi connectivity index (χ4n) is 5.45. The Balaban J connectivity index is 4.19. The average molecular weight is 704 g/mol. The number of nitrogens with two attached hydrogens (primary N) is 1. The average Bonchev–Trinajstić information content (AvgIpc) is 3.07. The largest absolute Gasteiger partial charge is 0.472 e. The zero-order valence-corrected chi connectivity index (χ0v) is 31.9. The van der Waals surface area contributed by atoms with Crippen LogP contribution in [0.25, 0.3) is 0 Å². The number of ether oxygens (including phenoxy) is 2. The Morgan fingerprint density at radius 2 is 1.02 bits per heavy atom.